The van der Waals surface area contributed by atoms with Crippen molar-refractivity contribution < 1.29 is 24.2 Å². The number of aromatic hydroxyl groups is 1. The minimum absolute atomic E-state index is 0.165. The number of phenols is 1. The molecule has 1 aromatic carbocycles. The van der Waals surface area contributed by atoms with Crippen molar-refractivity contribution in [3.63, 3.8) is 0 Å². The van der Waals surface area contributed by atoms with Gasteiger partial charge in [0.05, 0.1) is 0 Å². The topological polar surface area (TPSA) is 108 Å². The fourth-order valence-corrected chi connectivity index (χ4v) is 3.13. The number of amides is 3. The first-order valence-electron chi connectivity index (χ1n) is 11.3. The molecule has 8 heteroatoms. The van der Waals surface area contributed by atoms with Gasteiger partial charge in [0.2, 0.25) is 5.91 Å². The van der Waals surface area contributed by atoms with E-state index in [4.69, 9.17) is 11.2 Å². The number of terminal acetylenes is 1. The van der Waals surface area contributed by atoms with Gasteiger partial charge in [0.1, 0.15) is 17.4 Å². The molecule has 0 fully saturated rings. The van der Waals surface area contributed by atoms with Crippen LogP contribution in [0.3, 0.4) is 0 Å². The van der Waals surface area contributed by atoms with Crippen molar-refractivity contribution in [2.75, 3.05) is 6.54 Å². The molecule has 3 N–H and O–H groups in total. The standard InChI is InChI=1S/C25H37N3O5/c1-8-11-16-26-22(30)21(18-14-12-13-15-19(18)29)28(10-3)23(31)20(17(4)9-2)27-24(32)33-25(5,6)7/h3,12-15,17,20-21,29H,8-9,11,16H2,1-2,4-7H3,(H,26,30)(H,27,32). The van der Waals surface area contributed by atoms with E-state index in [-0.39, 0.29) is 17.2 Å². The summed E-state index contributed by atoms with van der Waals surface area (Å²) in [5.41, 5.74) is -0.561. The average molecular weight is 460 g/mol. The highest BCUT2D eigenvalue weighted by Gasteiger charge is 2.38. The van der Waals surface area contributed by atoms with Gasteiger partial charge in [-0.15, -0.1) is 0 Å². The summed E-state index contributed by atoms with van der Waals surface area (Å²) in [4.78, 5) is 40.1. The number of hydrogen-bond acceptors (Lipinski definition) is 5. The number of ether oxygens (including phenoxy) is 1. The van der Waals surface area contributed by atoms with Crippen molar-refractivity contribution in [2.24, 2.45) is 5.92 Å². The van der Waals surface area contributed by atoms with E-state index in [0.717, 1.165) is 17.7 Å². The molecule has 3 atom stereocenters. The normalized spacial score (nSPS) is 13.7. The fraction of sp³-hybridized carbons (Fsp3) is 0.560. The number of para-hydroxylation sites is 1. The molecule has 182 valence electrons. The predicted octanol–water partition coefficient (Wildman–Crippen LogP) is 3.71. The molecule has 3 amide bonds. The molecule has 0 aliphatic heterocycles. The molecule has 0 aliphatic rings. The van der Waals surface area contributed by atoms with Crippen LogP contribution in [0, 0.1) is 18.4 Å². The third-order valence-electron chi connectivity index (χ3n) is 5.10. The maximum Gasteiger partial charge on any atom is 0.408 e. The first-order valence-corrected chi connectivity index (χ1v) is 11.3. The van der Waals surface area contributed by atoms with Gasteiger partial charge in [-0.25, -0.2) is 4.79 Å². The molecule has 3 unspecified atom stereocenters. The van der Waals surface area contributed by atoms with Crippen molar-refractivity contribution in [2.45, 2.75) is 78.5 Å². The lowest BCUT2D eigenvalue weighted by Gasteiger charge is -2.32. The van der Waals surface area contributed by atoms with E-state index in [2.05, 4.69) is 16.7 Å². The van der Waals surface area contributed by atoms with Gasteiger partial charge in [-0.05, 0) is 39.2 Å². The van der Waals surface area contributed by atoms with E-state index in [0.29, 0.717) is 13.0 Å². The fourth-order valence-electron chi connectivity index (χ4n) is 3.13. The summed E-state index contributed by atoms with van der Waals surface area (Å²) >= 11 is 0. The highest BCUT2D eigenvalue weighted by molar-refractivity contribution is 5.93. The predicted molar refractivity (Wildman–Crippen MR) is 127 cm³/mol. The van der Waals surface area contributed by atoms with Crippen LogP contribution in [0.5, 0.6) is 5.75 Å². The third kappa shape index (κ3) is 8.33. The number of rotatable bonds is 10. The molecule has 0 aliphatic carbocycles. The highest BCUT2D eigenvalue weighted by Crippen LogP contribution is 2.30. The average Bonchev–Trinajstić information content (AvgIpc) is 2.74. The number of nitrogens with zero attached hydrogens (tertiary/aromatic N) is 1. The van der Waals surface area contributed by atoms with Crippen LogP contribution in [0.15, 0.2) is 24.3 Å². The van der Waals surface area contributed by atoms with Gasteiger partial charge >= 0.3 is 6.09 Å². The van der Waals surface area contributed by atoms with Gasteiger partial charge < -0.3 is 20.5 Å². The Bertz CT molecular complexity index is 856. The summed E-state index contributed by atoms with van der Waals surface area (Å²) in [6, 6.07) is 6.21. The molecular formula is C25H37N3O5. The second-order valence-corrected chi connectivity index (χ2v) is 8.95. The zero-order chi connectivity index (χ0) is 25.2. The second kappa shape index (κ2) is 12.7. The number of nitrogens with one attached hydrogen (secondary N) is 2. The van der Waals surface area contributed by atoms with E-state index >= 15 is 0 Å². The molecule has 0 radical (unpaired) electrons. The van der Waals surface area contributed by atoms with Crippen LogP contribution in [0.2, 0.25) is 0 Å². The highest BCUT2D eigenvalue weighted by atomic mass is 16.6. The molecule has 1 aromatic rings. The third-order valence-corrected chi connectivity index (χ3v) is 5.10. The molecule has 8 nitrogen and oxygen atoms in total. The van der Waals surface area contributed by atoms with Crippen LogP contribution < -0.4 is 10.6 Å². The second-order valence-electron chi connectivity index (χ2n) is 8.95. The van der Waals surface area contributed by atoms with Crippen molar-refractivity contribution in [1.82, 2.24) is 15.5 Å². The van der Waals surface area contributed by atoms with Crippen molar-refractivity contribution in [3.8, 4) is 18.2 Å². The van der Waals surface area contributed by atoms with Crippen molar-refractivity contribution in [3.05, 3.63) is 29.8 Å². The zero-order valence-electron chi connectivity index (χ0n) is 20.5. The van der Waals surface area contributed by atoms with Crippen LogP contribution in [-0.2, 0) is 14.3 Å². The van der Waals surface area contributed by atoms with E-state index in [1.165, 1.54) is 12.1 Å². The van der Waals surface area contributed by atoms with Crippen LogP contribution in [0.25, 0.3) is 0 Å². The Kier molecular flexibility index (Phi) is 10.7. The molecule has 0 heterocycles. The zero-order valence-corrected chi connectivity index (χ0v) is 20.5. The minimum Gasteiger partial charge on any atom is -0.508 e. The minimum atomic E-state index is -1.27. The number of phenolic OH excluding ortho intramolecular Hbond substituents is 1. The Balaban J connectivity index is 3.36. The number of unbranched alkanes of at least 4 members (excludes halogenated alkanes) is 1. The molecule has 1 rings (SSSR count). The molecule has 0 saturated heterocycles. The lowest BCUT2D eigenvalue weighted by atomic mass is 9.96. The van der Waals surface area contributed by atoms with E-state index in [1.54, 1.807) is 39.8 Å². The molecule has 0 spiro atoms. The first-order chi connectivity index (χ1) is 15.5. The Hall–Kier alpha value is -3.21. The molecule has 33 heavy (non-hydrogen) atoms. The van der Waals surface area contributed by atoms with Gasteiger partial charge in [0, 0.05) is 18.2 Å². The number of benzene rings is 1. The number of hydrogen-bond donors (Lipinski definition) is 3. The van der Waals surface area contributed by atoms with Crippen LogP contribution in [-0.4, -0.2) is 46.1 Å². The Morgan fingerprint density at radius 2 is 1.85 bits per heavy atom. The Labute approximate surface area is 197 Å². The maximum atomic E-state index is 13.6. The summed E-state index contributed by atoms with van der Waals surface area (Å²) in [6.45, 7) is 11.2. The lowest BCUT2D eigenvalue weighted by molar-refractivity contribution is -0.139. The first kappa shape index (κ1) is 27.8. The van der Waals surface area contributed by atoms with Gasteiger partial charge in [0.25, 0.3) is 5.91 Å². The van der Waals surface area contributed by atoms with Gasteiger partial charge in [-0.1, -0.05) is 58.2 Å². The Morgan fingerprint density at radius 1 is 1.21 bits per heavy atom. The number of carbonyl (C=O) groups is 3. The van der Waals surface area contributed by atoms with Crippen LogP contribution in [0.1, 0.15) is 72.4 Å². The van der Waals surface area contributed by atoms with Crippen LogP contribution in [0.4, 0.5) is 4.79 Å². The number of carbonyl (C=O) groups excluding carboxylic acids is 3. The smallest absolute Gasteiger partial charge is 0.408 e. The summed E-state index contributed by atoms with van der Waals surface area (Å²) in [6.07, 6.45) is 7.14. The summed E-state index contributed by atoms with van der Waals surface area (Å²) in [5.74, 6) is -1.62. The van der Waals surface area contributed by atoms with E-state index in [9.17, 15) is 19.5 Å². The van der Waals surface area contributed by atoms with E-state index in [1.807, 2.05) is 13.8 Å². The summed E-state index contributed by atoms with van der Waals surface area (Å²) < 4.78 is 5.31. The molecule has 0 bridgehead atoms. The molecule has 0 saturated carbocycles. The van der Waals surface area contributed by atoms with Gasteiger partial charge in [0.15, 0.2) is 6.04 Å². The Morgan fingerprint density at radius 3 is 2.36 bits per heavy atom. The quantitative estimate of drug-likeness (QED) is 0.281. The van der Waals surface area contributed by atoms with Crippen molar-refractivity contribution >= 4 is 17.9 Å². The van der Waals surface area contributed by atoms with Gasteiger partial charge in [-0.2, -0.15) is 0 Å². The summed E-state index contributed by atoms with van der Waals surface area (Å²) in [5, 5.41) is 15.8. The number of alkyl carbamates (subject to hydrolysis) is 1. The molecular weight excluding hydrogens is 422 g/mol. The lowest BCUT2D eigenvalue weighted by Crippen LogP contribution is -2.54. The van der Waals surface area contributed by atoms with Crippen molar-refractivity contribution in [1.29, 1.82) is 0 Å². The molecule has 0 aromatic heterocycles. The largest absolute Gasteiger partial charge is 0.508 e. The van der Waals surface area contributed by atoms with Gasteiger partial charge in [-0.3, -0.25) is 14.5 Å². The van der Waals surface area contributed by atoms with Crippen LogP contribution >= 0.6 is 0 Å². The SMILES string of the molecule is C#CN(C(=O)C(NC(=O)OC(C)(C)C)C(C)CC)C(C(=O)NCCCC)c1ccccc1O. The summed E-state index contributed by atoms with van der Waals surface area (Å²) in [7, 11) is 0. The monoisotopic (exact) mass is 459 g/mol. The maximum absolute atomic E-state index is 13.6. The van der Waals surface area contributed by atoms with E-state index < -0.39 is 35.6 Å².